The van der Waals surface area contributed by atoms with Crippen molar-refractivity contribution in [3.8, 4) is 0 Å². The molecule has 22 heavy (non-hydrogen) atoms. The van der Waals surface area contributed by atoms with Gasteiger partial charge in [-0.2, -0.15) is 0 Å². The van der Waals surface area contributed by atoms with E-state index in [1.807, 2.05) is 0 Å². The van der Waals surface area contributed by atoms with E-state index in [4.69, 9.17) is 39.4 Å². The van der Waals surface area contributed by atoms with Crippen molar-refractivity contribution in [3.63, 3.8) is 0 Å². The number of esters is 1. The van der Waals surface area contributed by atoms with Gasteiger partial charge in [0.25, 0.3) is 0 Å². The second-order valence-corrected chi connectivity index (χ2v) is 5.40. The minimum atomic E-state index is -0.797. The largest absolute Gasteiger partial charge is 0.460 e. The van der Waals surface area contributed by atoms with Crippen LogP contribution in [0.15, 0.2) is 30.5 Å². The third-order valence-corrected chi connectivity index (χ3v) is 3.19. The molecule has 0 amide bonds. The summed E-state index contributed by atoms with van der Waals surface area (Å²) in [4.78, 5) is 19.6. The molecule has 0 unspecified atom stereocenters. The van der Waals surface area contributed by atoms with Gasteiger partial charge < -0.3 is 16.2 Å². The molecule has 8 heteroatoms. The monoisotopic (exact) mass is 340 g/mol. The highest BCUT2D eigenvalue weighted by atomic mass is 35.5. The minimum absolute atomic E-state index is 0.0208. The van der Waals surface area contributed by atoms with Gasteiger partial charge in [0.1, 0.15) is 28.8 Å². The molecule has 0 bridgehead atoms. The summed E-state index contributed by atoms with van der Waals surface area (Å²) in [7, 11) is 0. The Morgan fingerprint density at radius 2 is 1.91 bits per heavy atom. The molecule has 0 saturated heterocycles. The molecule has 116 valence electrons. The Labute approximate surface area is 137 Å². The van der Waals surface area contributed by atoms with E-state index in [2.05, 4.69) is 9.97 Å². The smallest absolute Gasteiger partial charge is 0.323 e. The van der Waals surface area contributed by atoms with E-state index < -0.39 is 12.0 Å². The van der Waals surface area contributed by atoms with E-state index in [0.29, 0.717) is 17.8 Å². The topological polar surface area (TPSA) is 104 Å². The fraction of sp³-hybridized carbons (Fsp3) is 0.214. The number of nitrogens with two attached hydrogens (primary N) is 2. The predicted molar refractivity (Wildman–Crippen MR) is 84.4 cm³/mol. The number of carbonyl (C=O) groups is 1. The molecular formula is C14H14Cl2N4O2. The molecule has 0 aliphatic carbocycles. The van der Waals surface area contributed by atoms with Gasteiger partial charge in [0.15, 0.2) is 0 Å². The molecule has 0 spiro atoms. The van der Waals surface area contributed by atoms with Crippen LogP contribution in [0.4, 0.5) is 5.82 Å². The Morgan fingerprint density at radius 3 is 2.55 bits per heavy atom. The number of hydrogen-bond donors (Lipinski definition) is 2. The van der Waals surface area contributed by atoms with Gasteiger partial charge in [0.2, 0.25) is 0 Å². The number of carbonyl (C=O) groups excluding carboxylic acids is 1. The first-order valence-corrected chi connectivity index (χ1v) is 7.14. The fourth-order valence-electron chi connectivity index (χ4n) is 1.82. The number of halogens is 2. The molecule has 0 radical (unpaired) electrons. The molecule has 6 nitrogen and oxygen atoms in total. The van der Waals surface area contributed by atoms with Crippen LogP contribution < -0.4 is 11.5 Å². The summed E-state index contributed by atoms with van der Waals surface area (Å²) in [5.74, 6) is -0.154. The number of hydrogen-bond acceptors (Lipinski definition) is 6. The van der Waals surface area contributed by atoms with Gasteiger partial charge in [0, 0.05) is 6.20 Å². The molecule has 0 aliphatic rings. The van der Waals surface area contributed by atoms with Crippen molar-refractivity contribution in [2.75, 3.05) is 5.73 Å². The van der Waals surface area contributed by atoms with Crippen molar-refractivity contribution in [1.82, 2.24) is 9.97 Å². The van der Waals surface area contributed by atoms with Gasteiger partial charge >= 0.3 is 5.97 Å². The summed E-state index contributed by atoms with van der Waals surface area (Å²) in [6, 6.07) is 5.74. The van der Waals surface area contributed by atoms with E-state index in [9.17, 15) is 4.79 Å². The van der Waals surface area contributed by atoms with E-state index in [0.717, 1.165) is 5.56 Å². The number of nitrogen functional groups attached to an aromatic ring is 1. The molecular weight excluding hydrogens is 327 g/mol. The van der Waals surface area contributed by atoms with Crippen molar-refractivity contribution in [1.29, 1.82) is 0 Å². The first-order chi connectivity index (χ1) is 10.4. The molecule has 0 saturated carbocycles. The highest BCUT2D eigenvalue weighted by molar-refractivity contribution is 6.32. The second-order valence-electron chi connectivity index (χ2n) is 4.63. The molecule has 2 aromatic heterocycles. The Bertz CT molecular complexity index is 661. The zero-order chi connectivity index (χ0) is 16.1. The molecule has 2 aromatic rings. The van der Waals surface area contributed by atoms with Gasteiger partial charge in [-0.05, 0) is 41.8 Å². The summed E-state index contributed by atoms with van der Waals surface area (Å²) in [5, 5.41) is 0.463. The zero-order valence-corrected chi connectivity index (χ0v) is 13.0. The maximum atomic E-state index is 11.9. The Morgan fingerprint density at radius 1 is 1.23 bits per heavy atom. The number of ether oxygens (including phenoxy) is 1. The van der Waals surface area contributed by atoms with Crippen LogP contribution in [0.2, 0.25) is 10.3 Å². The van der Waals surface area contributed by atoms with Crippen LogP contribution in [0.1, 0.15) is 11.1 Å². The lowest BCUT2D eigenvalue weighted by atomic mass is 10.1. The first-order valence-electron chi connectivity index (χ1n) is 6.38. The third kappa shape index (κ3) is 4.84. The number of nitrogens with zero attached hydrogens (tertiary/aromatic N) is 2. The van der Waals surface area contributed by atoms with Crippen LogP contribution in [0, 0.1) is 0 Å². The van der Waals surface area contributed by atoms with Crippen LogP contribution in [-0.4, -0.2) is 22.0 Å². The normalized spacial score (nSPS) is 12.0. The molecule has 0 fully saturated rings. The zero-order valence-electron chi connectivity index (χ0n) is 11.5. The molecule has 1 atom stereocenters. The van der Waals surface area contributed by atoms with Crippen molar-refractivity contribution < 1.29 is 9.53 Å². The highest BCUT2D eigenvalue weighted by Crippen LogP contribution is 2.15. The van der Waals surface area contributed by atoms with Gasteiger partial charge in [-0.1, -0.05) is 23.2 Å². The summed E-state index contributed by atoms with van der Waals surface area (Å²) in [6.45, 7) is 0.0208. The fourth-order valence-corrected chi connectivity index (χ4v) is 2.32. The first kappa shape index (κ1) is 16.5. The lowest BCUT2D eigenvalue weighted by Crippen LogP contribution is -2.34. The molecule has 0 aromatic carbocycles. The van der Waals surface area contributed by atoms with E-state index in [1.165, 1.54) is 0 Å². The number of pyridine rings is 2. The standard InChI is InChI=1S/C14H14Cl2N4O2/c15-11-4-9(5-12(16)20-11)7-22-14(21)10(17)3-8-1-2-19-13(18)6-8/h1-2,4-6,10H,3,7,17H2,(H2,18,19)/t10-/m0/s1. The third-order valence-electron chi connectivity index (χ3n) is 2.81. The minimum Gasteiger partial charge on any atom is -0.460 e. The molecule has 2 heterocycles. The second kappa shape index (κ2) is 7.40. The van der Waals surface area contributed by atoms with Crippen LogP contribution in [0.5, 0.6) is 0 Å². The maximum absolute atomic E-state index is 11.9. The lowest BCUT2D eigenvalue weighted by Gasteiger charge is -2.12. The van der Waals surface area contributed by atoms with Crippen LogP contribution in [0.3, 0.4) is 0 Å². The van der Waals surface area contributed by atoms with Gasteiger partial charge in [-0.3, -0.25) is 4.79 Å². The highest BCUT2D eigenvalue weighted by Gasteiger charge is 2.16. The molecule has 2 rings (SSSR count). The SMILES string of the molecule is Nc1cc(C[C@H](N)C(=O)OCc2cc(Cl)nc(Cl)c2)ccn1. The van der Waals surface area contributed by atoms with Crippen molar-refractivity contribution in [2.45, 2.75) is 19.1 Å². The van der Waals surface area contributed by atoms with Gasteiger partial charge in [-0.15, -0.1) is 0 Å². The van der Waals surface area contributed by atoms with Gasteiger partial charge in [-0.25, -0.2) is 9.97 Å². The summed E-state index contributed by atoms with van der Waals surface area (Å²) in [5.41, 5.74) is 12.8. The average Bonchev–Trinajstić information content (AvgIpc) is 2.43. The van der Waals surface area contributed by atoms with Gasteiger partial charge in [0.05, 0.1) is 0 Å². The molecule has 0 aliphatic heterocycles. The van der Waals surface area contributed by atoms with Crippen LogP contribution in [-0.2, 0) is 22.6 Å². The predicted octanol–water partition coefficient (Wildman–Crippen LogP) is 1.98. The Hall–Kier alpha value is -1.89. The molecule has 4 N–H and O–H groups in total. The summed E-state index contributed by atoms with van der Waals surface area (Å²) in [6.07, 6.45) is 1.87. The average molecular weight is 341 g/mol. The van der Waals surface area contributed by atoms with Crippen LogP contribution >= 0.6 is 23.2 Å². The summed E-state index contributed by atoms with van der Waals surface area (Å²) >= 11 is 11.5. The Kier molecular flexibility index (Phi) is 5.54. The van der Waals surface area contributed by atoms with E-state index in [1.54, 1.807) is 30.5 Å². The maximum Gasteiger partial charge on any atom is 0.323 e. The quantitative estimate of drug-likeness (QED) is 0.637. The number of rotatable bonds is 5. The van der Waals surface area contributed by atoms with Crippen molar-refractivity contribution >= 4 is 35.0 Å². The van der Waals surface area contributed by atoms with Crippen molar-refractivity contribution in [3.05, 3.63) is 51.9 Å². The number of anilines is 1. The number of aromatic nitrogens is 2. The Balaban J connectivity index is 1.91. The van der Waals surface area contributed by atoms with Crippen LogP contribution in [0.25, 0.3) is 0 Å². The van der Waals surface area contributed by atoms with E-state index in [-0.39, 0.29) is 16.9 Å². The van der Waals surface area contributed by atoms with E-state index >= 15 is 0 Å². The van der Waals surface area contributed by atoms with Crippen molar-refractivity contribution in [2.24, 2.45) is 5.73 Å². The summed E-state index contributed by atoms with van der Waals surface area (Å²) < 4.78 is 5.15. The lowest BCUT2D eigenvalue weighted by molar-refractivity contribution is -0.146.